The van der Waals surface area contributed by atoms with E-state index >= 15 is 0 Å². The Labute approximate surface area is 125 Å². The lowest BCUT2D eigenvalue weighted by Gasteiger charge is -2.26. The molecule has 1 aromatic carbocycles. The van der Waals surface area contributed by atoms with Gasteiger partial charge in [0.2, 0.25) is 0 Å². The Morgan fingerprint density at radius 1 is 1.24 bits per heavy atom. The Kier molecular flexibility index (Phi) is 5.90. The van der Waals surface area contributed by atoms with Gasteiger partial charge in [0.1, 0.15) is 17.6 Å². The summed E-state index contributed by atoms with van der Waals surface area (Å²) in [6.07, 6.45) is 1.13. The summed E-state index contributed by atoms with van der Waals surface area (Å²) in [6.45, 7) is 5.08. The molecule has 5 nitrogen and oxygen atoms in total. The summed E-state index contributed by atoms with van der Waals surface area (Å²) in [5.41, 5.74) is 4.15. The molecule has 2 atom stereocenters. The third-order valence-corrected chi connectivity index (χ3v) is 3.03. The third kappa shape index (κ3) is 5.95. The predicted octanol–water partition coefficient (Wildman–Crippen LogP) is -0.0625. The summed E-state index contributed by atoms with van der Waals surface area (Å²) >= 11 is 0. The molecule has 0 aliphatic rings. The van der Waals surface area contributed by atoms with Crippen molar-refractivity contribution in [3.8, 4) is 0 Å². The molecular formula is C16H23NO4. The van der Waals surface area contributed by atoms with Crippen LogP contribution in [0.5, 0.6) is 0 Å². The first-order chi connectivity index (χ1) is 9.70. The highest BCUT2D eigenvalue weighted by Gasteiger charge is 2.33. The van der Waals surface area contributed by atoms with Crippen LogP contribution in [-0.2, 0) is 20.7 Å². The number of carbonyl (C=O) groups is 2. The van der Waals surface area contributed by atoms with E-state index < -0.39 is 29.5 Å². The Balaban J connectivity index is 2.67. The first-order valence-corrected chi connectivity index (χ1v) is 7.01. The van der Waals surface area contributed by atoms with Crippen LogP contribution in [-0.4, -0.2) is 23.6 Å². The second-order valence-electron chi connectivity index (χ2n) is 6.11. The van der Waals surface area contributed by atoms with E-state index in [1.807, 2.05) is 30.3 Å². The average Bonchev–Trinajstić information content (AvgIpc) is 2.35. The van der Waals surface area contributed by atoms with Gasteiger partial charge in [0.05, 0.1) is 5.97 Å². The average molecular weight is 293 g/mol. The number of carbonyl (C=O) groups excluding carboxylic acids is 2. The number of hydrogen-bond acceptors (Lipinski definition) is 4. The van der Waals surface area contributed by atoms with Crippen molar-refractivity contribution < 1.29 is 25.2 Å². The maximum absolute atomic E-state index is 12.0. The number of carboxylic acids is 1. The quantitative estimate of drug-likeness (QED) is 0.587. The molecule has 0 aliphatic carbocycles. The fourth-order valence-electron chi connectivity index (χ4n) is 2.01. The van der Waals surface area contributed by atoms with Gasteiger partial charge in [-0.2, -0.15) is 0 Å². The van der Waals surface area contributed by atoms with Gasteiger partial charge >= 0.3 is 5.97 Å². The van der Waals surface area contributed by atoms with E-state index in [-0.39, 0.29) is 0 Å². The minimum Gasteiger partial charge on any atom is -0.549 e. The monoisotopic (exact) mass is 293 g/mol. The molecule has 0 saturated heterocycles. The summed E-state index contributed by atoms with van der Waals surface area (Å²) in [4.78, 5) is 23.2. The third-order valence-electron chi connectivity index (χ3n) is 3.03. The Morgan fingerprint density at radius 3 is 2.29 bits per heavy atom. The van der Waals surface area contributed by atoms with Crippen LogP contribution in [0.1, 0.15) is 32.8 Å². The van der Waals surface area contributed by atoms with Crippen LogP contribution in [0, 0.1) is 5.92 Å². The lowest BCUT2D eigenvalue weighted by atomic mass is 9.94. The molecule has 0 amide bonds. The zero-order chi connectivity index (χ0) is 16.0. The van der Waals surface area contributed by atoms with Crippen LogP contribution >= 0.6 is 0 Å². The molecule has 0 unspecified atom stereocenters. The van der Waals surface area contributed by atoms with Crippen molar-refractivity contribution in [1.82, 2.24) is 0 Å². The standard InChI is InChI=1S/C16H23NO4/c1-16(2,3)21-15(20)13(14(18)19)12(17)10-9-11-7-5-4-6-8-11/h4-8,12-13H,9-10,17H2,1-3H3,(H,18,19)/t12-,13-/m1/s1. The number of ether oxygens (including phenoxy) is 1. The number of hydrogen-bond donors (Lipinski definition) is 1. The first-order valence-electron chi connectivity index (χ1n) is 7.01. The van der Waals surface area contributed by atoms with E-state index in [0.29, 0.717) is 12.8 Å². The maximum Gasteiger partial charge on any atom is 0.321 e. The lowest BCUT2D eigenvalue weighted by molar-refractivity contribution is -0.435. The highest BCUT2D eigenvalue weighted by molar-refractivity contribution is 5.93. The second-order valence-corrected chi connectivity index (χ2v) is 6.11. The maximum atomic E-state index is 12.0. The molecule has 21 heavy (non-hydrogen) atoms. The molecule has 0 heterocycles. The molecule has 5 heteroatoms. The van der Waals surface area contributed by atoms with Gasteiger partial charge in [-0.1, -0.05) is 30.3 Å². The predicted molar refractivity (Wildman–Crippen MR) is 75.8 cm³/mol. The molecule has 0 saturated carbocycles. The number of carboxylic acid groups (broad SMARTS) is 1. The Morgan fingerprint density at radius 2 is 1.81 bits per heavy atom. The minimum atomic E-state index is -1.43. The zero-order valence-corrected chi connectivity index (χ0v) is 12.8. The molecule has 116 valence electrons. The molecule has 0 aliphatic heterocycles. The summed E-state index contributed by atoms with van der Waals surface area (Å²) in [7, 11) is 0. The molecular weight excluding hydrogens is 270 g/mol. The summed E-state index contributed by atoms with van der Waals surface area (Å²) in [5.74, 6) is -3.55. The summed E-state index contributed by atoms with van der Waals surface area (Å²) < 4.78 is 5.13. The van der Waals surface area contributed by atoms with Gasteiger partial charge < -0.3 is 20.4 Å². The number of aryl methyl sites for hydroxylation is 1. The van der Waals surface area contributed by atoms with E-state index in [1.54, 1.807) is 20.8 Å². The highest BCUT2D eigenvalue weighted by atomic mass is 16.6. The van der Waals surface area contributed by atoms with Gasteiger partial charge in [0.15, 0.2) is 0 Å². The van der Waals surface area contributed by atoms with Crippen molar-refractivity contribution in [2.75, 3.05) is 0 Å². The largest absolute Gasteiger partial charge is 0.549 e. The van der Waals surface area contributed by atoms with E-state index in [1.165, 1.54) is 0 Å². The molecule has 0 spiro atoms. The number of quaternary nitrogens is 1. The van der Waals surface area contributed by atoms with Crippen LogP contribution in [0.25, 0.3) is 0 Å². The van der Waals surface area contributed by atoms with E-state index in [0.717, 1.165) is 5.56 Å². The number of aliphatic carboxylic acids is 1. The number of benzene rings is 1. The molecule has 1 rings (SSSR count). The van der Waals surface area contributed by atoms with Gasteiger partial charge in [-0.25, -0.2) is 0 Å². The molecule has 0 fully saturated rings. The van der Waals surface area contributed by atoms with Crippen molar-refractivity contribution in [1.29, 1.82) is 0 Å². The van der Waals surface area contributed by atoms with Crippen LogP contribution in [0.15, 0.2) is 30.3 Å². The van der Waals surface area contributed by atoms with Crippen molar-refractivity contribution >= 4 is 11.9 Å². The highest BCUT2D eigenvalue weighted by Crippen LogP contribution is 2.15. The van der Waals surface area contributed by atoms with E-state index in [9.17, 15) is 14.7 Å². The lowest BCUT2D eigenvalue weighted by Crippen LogP contribution is -2.69. The SMILES string of the molecule is CC(C)(C)OC(=O)[C@@H](C(=O)[O-])[C@H]([NH3+])CCc1ccccc1. The molecule has 0 bridgehead atoms. The van der Waals surface area contributed by atoms with Crippen molar-refractivity contribution in [2.45, 2.75) is 45.3 Å². The van der Waals surface area contributed by atoms with E-state index in [2.05, 4.69) is 5.73 Å². The minimum absolute atomic E-state index is 0.474. The summed E-state index contributed by atoms with van der Waals surface area (Å²) in [5, 5.41) is 11.2. The molecule has 1 aromatic rings. The summed E-state index contributed by atoms with van der Waals surface area (Å²) in [6, 6.07) is 9.05. The van der Waals surface area contributed by atoms with Gasteiger partial charge in [-0.15, -0.1) is 0 Å². The first kappa shape index (κ1) is 17.2. The van der Waals surface area contributed by atoms with Crippen LogP contribution < -0.4 is 10.8 Å². The van der Waals surface area contributed by atoms with E-state index in [4.69, 9.17) is 4.74 Å². The van der Waals surface area contributed by atoms with Crippen molar-refractivity contribution in [3.05, 3.63) is 35.9 Å². The van der Waals surface area contributed by atoms with Crippen molar-refractivity contribution in [3.63, 3.8) is 0 Å². The Hall–Kier alpha value is -1.88. The van der Waals surface area contributed by atoms with Gasteiger partial charge in [0.25, 0.3) is 0 Å². The molecule has 0 radical (unpaired) electrons. The molecule has 3 N–H and O–H groups in total. The number of rotatable bonds is 6. The normalized spacial score (nSPS) is 14.3. The van der Waals surface area contributed by atoms with Crippen LogP contribution in [0.2, 0.25) is 0 Å². The topological polar surface area (TPSA) is 94.1 Å². The van der Waals surface area contributed by atoms with Gasteiger partial charge in [0, 0.05) is 6.42 Å². The van der Waals surface area contributed by atoms with Gasteiger partial charge in [-0.3, -0.25) is 4.79 Å². The number of esters is 1. The fraction of sp³-hybridized carbons (Fsp3) is 0.500. The van der Waals surface area contributed by atoms with Gasteiger partial charge in [-0.05, 0) is 32.8 Å². The second kappa shape index (κ2) is 7.22. The van der Waals surface area contributed by atoms with Crippen LogP contribution in [0.3, 0.4) is 0 Å². The smallest absolute Gasteiger partial charge is 0.321 e. The Bertz CT molecular complexity index is 479. The fourth-order valence-corrected chi connectivity index (χ4v) is 2.01. The zero-order valence-electron chi connectivity index (χ0n) is 12.8. The van der Waals surface area contributed by atoms with Crippen LogP contribution in [0.4, 0.5) is 0 Å². The molecule has 0 aromatic heterocycles. The van der Waals surface area contributed by atoms with Crippen molar-refractivity contribution in [2.24, 2.45) is 5.92 Å².